The van der Waals surface area contributed by atoms with E-state index in [1.165, 1.54) is 0 Å². The lowest BCUT2D eigenvalue weighted by Gasteiger charge is -2.40. The van der Waals surface area contributed by atoms with Crippen LogP contribution in [0.5, 0.6) is 0 Å². The van der Waals surface area contributed by atoms with Crippen LogP contribution in [0.15, 0.2) is 0 Å². The molecule has 2 heterocycles. The summed E-state index contributed by atoms with van der Waals surface area (Å²) in [4.78, 5) is 29.2. The molecule has 1 N–H and O–H groups in total. The molecule has 2 atom stereocenters. The van der Waals surface area contributed by atoms with Crippen molar-refractivity contribution in [2.24, 2.45) is 5.92 Å². The van der Waals surface area contributed by atoms with E-state index in [-0.39, 0.29) is 18.5 Å². The molecule has 2 aliphatic rings. The first-order valence-electron chi connectivity index (χ1n) is 7.43. The Bertz CT molecular complexity index is 375. The average Bonchev–Trinajstić information content (AvgIpc) is 2.84. The topological polar surface area (TPSA) is 64.1 Å². The van der Waals surface area contributed by atoms with Gasteiger partial charge in [0, 0.05) is 45.2 Å². The van der Waals surface area contributed by atoms with Gasteiger partial charge in [-0.2, -0.15) is 0 Å². The summed E-state index contributed by atoms with van der Waals surface area (Å²) in [7, 11) is 2.08. The first-order chi connectivity index (χ1) is 9.47. The van der Waals surface area contributed by atoms with Crippen LogP contribution in [0.1, 0.15) is 26.2 Å². The number of amides is 2. The maximum Gasteiger partial charge on any atom is 0.320 e. The van der Waals surface area contributed by atoms with Gasteiger partial charge in [0.15, 0.2) is 0 Å². The third-order valence-corrected chi connectivity index (χ3v) is 4.40. The first-order valence-corrected chi connectivity index (χ1v) is 7.43. The second-order valence-electron chi connectivity index (χ2n) is 6.12. The summed E-state index contributed by atoms with van der Waals surface area (Å²) < 4.78 is 0. The van der Waals surface area contributed by atoms with Gasteiger partial charge in [0.2, 0.25) is 0 Å². The Hall–Kier alpha value is -1.30. The van der Waals surface area contributed by atoms with Gasteiger partial charge in [-0.3, -0.25) is 4.79 Å². The molecule has 2 amide bonds. The Labute approximate surface area is 120 Å². The van der Waals surface area contributed by atoms with Crippen molar-refractivity contribution in [3.05, 3.63) is 0 Å². The molecular weight excluding hydrogens is 258 g/mol. The highest BCUT2D eigenvalue weighted by Crippen LogP contribution is 2.23. The van der Waals surface area contributed by atoms with Gasteiger partial charge in [-0.15, -0.1) is 0 Å². The number of urea groups is 1. The summed E-state index contributed by atoms with van der Waals surface area (Å²) in [6.45, 7) is 6.19. The molecule has 0 saturated carbocycles. The smallest absolute Gasteiger partial charge is 0.320 e. The van der Waals surface area contributed by atoms with Crippen LogP contribution < -0.4 is 0 Å². The quantitative estimate of drug-likeness (QED) is 0.837. The van der Waals surface area contributed by atoms with Crippen molar-refractivity contribution in [2.75, 3.05) is 39.8 Å². The fourth-order valence-corrected chi connectivity index (χ4v) is 3.18. The molecule has 6 heteroatoms. The van der Waals surface area contributed by atoms with E-state index < -0.39 is 5.97 Å². The Morgan fingerprint density at radius 1 is 1.20 bits per heavy atom. The molecule has 114 valence electrons. The number of nitrogens with zero attached hydrogens (tertiary/aromatic N) is 3. The second kappa shape index (κ2) is 6.43. The Morgan fingerprint density at radius 3 is 2.60 bits per heavy atom. The molecule has 2 aliphatic heterocycles. The average molecular weight is 283 g/mol. The number of aliphatic carboxylic acids is 1. The zero-order chi connectivity index (χ0) is 14.7. The van der Waals surface area contributed by atoms with E-state index in [1.807, 2.05) is 9.80 Å². The second-order valence-corrected chi connectivity index (χ2v) is 6.12. The van der Waals surface area contributed by atoms with Gasteiger partial charge in [0.25, 0.3) is 0 Å². The van der Waals surface area contributed by atoms with Crippen LogP contribution in [0, 0.1) is 5.92 Å². The molecule has 0 radical (unpaired) electrons. The monoisotopic (exact) mass is 283 g/mol. The highest BCUT2D eigenvalue weighted by molar-refractivity contribution is 5.75. The lowest BCUT2D eigenvalue weighted by molar-refractivity contribution is -0.137. The van der Waals surface area contributed by atoms with Gasteiger partial charge in [0.1, 0.15) is 0 Å². The molecule has 0 bridgehead atoms. The minimum atomic E-state index is -0.748. The summed E-state index contributed by atoms with van der Waals surface area (Å²) in [6.07, 6.45) is 1.82. The fraction of sp³-hybridized carbons (Fsp3) is 0.857. The van der Waals surface area contributed by atoms with E-state index in [0.29, 0.717) is 18.9 Å². The summed E-state index contributed by atoms with van der Waals surface area (Å²) in [6, 6.07) is 0.378. The van der Waals surface area contributed by atoms with Gasteiger partial charge in [0.05, 0.1) is 0 Å². The maximum atomic E-state index is 12.5. The minimum absolute atomic E-state index is 0.128. The molecular formula is C14H25N3O3. The summed E-state index contributed by atoms with van der Waals surface area (Å²) in [5.41, 5.74) is 0. The van der Waals surface area contributed by atoms with Gasteiger partial charge >= 0.3 is 12.0 Å². The van der Waals surface area contributed by atoms with Crippen LogP contribution in [0.2, 0.25) is 0 Å². The number of carbonyl (C=O) groups is 2. The van der Waals surface area contributed by atoms with Gasteiger partial charge in [-0.25, -0.2) is 4.79 Å². The van der Waals surface area contributed by atoms with Crippen LogP contribution >= 0.6 is 0 Å². The number of likely N-dealkylation sites (N-methyl/N-ethyl adjacent to an activating group) is 1. The van der Waals surface area contributed by atoms with E-state index in [2.05, 4.69) is 18.9 Å². The molecule has 0 spiro atoms. The van der Waals surface area contributed by atoms with Crippen molar-refractivity contribution < 1.29 is 14.7 Å². The standard InChI is InChI=1S/C14H25N3O3/c1-11-9-15(2)7-8-17(11)14(20)16-6-5-12(10-16)3-4-13(18)19/h11-12H,3-10H2,1-2H3,(H,18,19). The summed E-state index contributed by atoms with van der Waals surface area (Å²) in [5.74, 6) is -0.403. The lowest BCUT2D eigenvalue weighted by atomic mass is 10.0. The molecule has 2 rings (SSSR count). The van der Waals surface area contributed by atoms with Crippen molar-refractivity contribution in [2.45, 2.75) is 32.2 Å². The van der Waals surface area contributed by atoms with Crippen molar-refractivity contribution in [1.29, 1.82) is 0 Å². The number of likely N-dealkylation sites (tertiary alicyclic amines) is 1. The molecule has 2 saturated heterocycles. The maximum absolute atomic E-state index is 12.5. The molecule has 20 heavy (non-hydrogen) atoms. The number of carboxylic acids is 1. The van der Waals surface area contributed by atoms with Crippen LogP contribution in [0.3, 0.4) is 0 Å². The van der Waals surface area contributed by atoms with Crippen molar-refractivity contribution >= 4 is 12.0 Å². The third kappa shape index (κ3) is 3.62. The van der Waals surface area contributed by atoms with Crippen molar-refractivity contribution in [1.82, 2.24) is 14.7 Å². The van der Waals surface area contributed by atoms with Crippen molar-refractivity contribution in [3.8, 4) is 0 Å². The number of rotatable bonds is 3. The Balaban J connectivity index is 1.83. The van der Waals surface area contributed by atoms with E-state index in [1.54, 1.807) is 0 Å². The van der Waals surface area contributed by atoms with Crippen LogP contribution in [-0.2, 0) is 4.79 Å². The molecule has 0 aliphatic carbocycles. The molecule has 6 nitrogen and oxygen atoms in total. The largest absolute Gasteiger partial charge is 0.481 e. The van der Waals surface area contributed by atoms with Crippen molar-refractivity contribution in [3.63, 3.8) is 0 Å². The molecule has 2 unspecified atom stereocenters. The molecule has 0 aromatic rings. The van der Waals surface area contributed by atoms with Crippen LogP contribution in [0.4, 0.5) is 4.79 Å². The summed E-state index contributed by atoms with van der Waals surface area (Å²) >= 11 is 0. The SMILES string of the molecule is CC1CN(C)CCN1C(=O)N1CCC(CCC(=O)O)C1. The Morgan fingerprint density at radius 2 is 1.95 bits per heavy atom. The number of carboxylic acid groups (broad SMARTS) is 1. The highest BCUT2D eigenvalue weighted by atomic mass is 16.4. The first kappa shape index (κ1) is 15.1. The van der Waals surface area contributed by atoms with E-state index >= 15 is 0 Å². The predicted molar refractivity (Wildman–Crippen MR) is 75.6 cm³/mol. The zero-order valence-electron chi connectivity index (χ0n) is 12.4. The highest BCUT2D eigenvalue weighted by Gasteiger charge is 2.33. The van der Waals surface area contributed by atoms with Gasteiger partial charge in [-0.1, -0.05) is 0 Å². The number of piperazine rings is 1. The third-order valence-electron chi connectivity index (χ3n) is 4.40. The number of hydrogen-bond donors (Lipinski definition) is 1. The van der Waals surface area contributed by atoms with Crippen LogP contribution in [0.25, 0.3) is 0 Å². The number of carbonyl (C=O) groups excluding carboxylic acids is 1. The van der Waals surface area contributed by atoms with Gasteiger partial charge < -0.3 is 19.8 Å². The molecule has 0 aromatic carbocycles. The lowest BCUT2D eigenvalue weighted by Crippen LogP contribution is -2.56. The number of hydrogen-bond acceptors (Lipinski definition) is 3. The Kier molecular flexibility index (Phi) is 4.86. The molecule has 0 aromatic heterocycles. The van der Waals surface area contributed by atoms with E-state index in [9.17, 15) is 9.59 Å². The zero-order valence-corrected chi connectivity index (χ0v) is 12.4. The summed E-state index contributed by atoms with van der Waals surface area (Å²) in [5, 5.41) is 8.72. The van der Waals surface area contributed by atoms with Crippen LogP contribution in [-0.4, -0.2) is 77.6 Å². The fourth-order valence-electron chi connectivity index (χ4n) is 3.18. The molecule has 2 fully saturated rings. The van der Waals surface area contributed by atoms with E-state index in [4.69, 9.17) is 5.11 Å². The van der Waals surface area contributed by atoms with E-state index in [0.717, 1.165) is 32.6 Å². The normalized spacial score (nSPS) is 27.9. The van der Waals surface area contributed by atoms with Gasteiger partial charge in [-0.05, 0) is 32.7 Å². The minimum Gasteiger partial charge on any atom is -0.481 e. The predicted octanol–water partition coefficient (Wildman–Crippen LogP) is 0.929.